The Hall–Kier alpha value is -1.53. The summed E-state index contributed by atoms with van der Waals surface area (Å²) in [5.74, 6) is -0.0881. The SMILES string of the molecule is CC(C)NC(=O)CN1CCN(S(=O)(=O)c2ccc(S(N)(=O)=O)cc2)CC1. The molecule has 9 nitrogen and oxygen atoms in total. The number of sulfonamides is 2. The predicted molar refractivity (Wildman–Crippen MR) is 96.3 cm³/mol. The summed E-state index contributed by atoms with van der Waals surface area (Å²) in [6.07, 6.45) is 0. The van der Waals surface area contributed by atoms with Crippen LogP contribution in [0.15, 0.2) is 34.1 Å². The topological polar surface area (TPSA) is 130 Å². The molecule has 0 atom stereocenters. The predicted octanol–water partition coefficient (Wildman–Crippen LogP) is -0.835. The monoisotopic (exact) mass is 404 g/mol. The number of piperazine rings is 1. The lowest BCUT2D eigenvalue weighted by Gasteiger charge is -2.33. The van der Waals surface area contributed by atoms with Crippen LogP contribution in [0.2, 0.25) is 0 Å². The molecule has 1 aliphatic rings. The Morgan fingerprint density at radius 2 is 1.54 bits per heavy atom. The molecule has 1 aliphatic heterocycles. The molecule has 0 aliphatic carbocycles. The number of nitrogens with one attached hydrogen (secondary N) is 1. The molecule has 0 aromatic heterocycles. The number of carbonyl (C=O) groups is 1. The molecule has 0 radical (unpaired) electrons. The summed E-state index contributed by atoms with van der Waals surface area (Å²) in [7, 11) is -7.60. The van der Waals surface area contributed by atoms with Crippen molar-refractivity contribution in [2.75, 3.05) is 32.7 Å². The molecule has 1 amide bonds. The van der Waals surface area contributed by atoms with Gasteiger partial charge in [0.15, 0.2) is 0 Å². The van der Waals surface area contributed by atoms with Gasteiger partial charge in [-0.15, -0.1) is 0 Å². The maximum Gasteiger partial charge on any atom is 0.243 e. The van der Waals surface area contributed by atoms with Gasteiger partial charge in [0.1, 0.15) is 0 Å². The van der Waals surface area contributed by atoms with E-state index < -0.39 is 20.0 Å². The van der Waals surface area contributed by atoms with Crippen molar-refractivity contribution in [1.29, 1.82) is 0 Å². The van der Waals surface area contributed by atoms with E-state index in [1.54, 1.807) is 0 Å². The molecule has 0 saturated carbocycles. The standard InChI is InChI=1S/C15H24N4O5S2/c1-12(2)17-15(20)11-18-7-9-19(10-8-18)26(23,24)14-5-3-13(4-6-14)25(16,21)22/h3-6,12H,7-11H2,1-2H3,(H,17,20)(H2,16,21,22). The summed E-state index contributed by atoms with van der Waals surface area (Å²) >= 11 is 0. The highest BCUT2D eigenvalue weighted by Crippen LogP contribution is 2.19. The van der Waals surface area contributed by atoms with Crippen molar-refractivity contribution in [3.05, 3.63) is 24.3 Å². The first kappa shape index (κ1) is 20.8. The van der Waals surface area contributed by atoms with Crippen LogP contribution in [-0.4, -0.2) is 70.7 Å². The van der Waals surface area contributed by atoms with Gasteiger partial charge in [-0.2, -0.15) is 4.31 Å². The number of amides is 1. The third kappa shape index (κ3) is 5.24. The Kier molecular flexibility index (Phi) is 6.40. The lowest BCUT2D eigenvalue weighted by Crippen LogP contribution is -2.51. The van der Waals surface area contributed by atoms with E-state index in [2.05, 4.69) is 5.32 Å². The molecule has 1 heterocycles. The van der Waals surface area contributed by atoms with Crippen molar-refractivity contribution in [3.63, 3.8) is 0 Å². The average Bonchev–Trinajstić information content (AvgIpc) is 2.54. The van der Waals surface area contributed by atoms with Gasteiger partial charge in [-0.1, -0.05) is 0 Å². The van der Waals surface area contributed by atoms with E-state index >= 15 is 0 Å². The number of hydrogen-bond acceptors (Lipinski definition) is 6. The smallest absolute Gasteiger partial charge is 0.243 e. The minimum absolute atomic E-state index is 0.0101. The molecule has 1 saturated heterocycles. The fraction of sp³-hybridized carbons (Fsp3) is 0.533. The molecule has 0 bridgehead atoms. The van der Waals surface area contributed by atoms with Gasteiger partial charge in [0.05, 0.1) is 16.3 Å². The quantitative estimate of drug-likeness (QED) is 0.636. The summed E-state index contributed by atoms with van der Waals surface area (Å²) in [5.41, 5.74) is 0. The summed E-state index contributed by atoms with van der Waals surface area (Å²) in [6.45, 7) is 5.39. The Morgan fingerprint density at radius 1 is 1.04 bits per heavy atom. The van der Waals surface area contributed by atoms with Crippen LogP contribution in [0, 0.1) is 0 Å². The minimum Gasteiger partial charge on any atom is -0.353 e. The average molecular weight is 405 g/mol. The van der Waals surface area contributed by atoms with Crippen LogP contribution < -0.4 is 10.5 Å². The Bertz CT molecular complexity index is 843. The molecule has 1 aromatic rings. The van der Waals surface area contributed by atoms with Crippen LogP contribution >= 0.6 is 0 Å². The van der Waals surface area contributed by atoms with Gasteiger partial charge in [0.2, 0.25) is 26.0 Å². The normalized spacial score (nSPS) is 17.4. The summed E-state index contributed by atoms with van der Waals surface area (Å²) in [6, 6.07) is 4.88. The van der Waals surface area contributed by atoms with Gasteiger partial charge in [-0.05, 0) is 38.1 Å². The zero-order chi connectivity index (χ0) is 19.5. The Balaban J connectivity index is 2.00. The summed E-state index contributed by atoms with van der Waals surface area (Å²) in [4.78, 5) is 13.6. The molecule has 0 spiro atoms. The van der Waals surface area contributed by atoms with Gasteiger partial charge in [-0.3, -0.25) is 9.69 Å². The number of benzene rings is 1. The first-order chi connectivity index (χ1) is 12.0. The van der Waals surface area contributed by atoms with E-state index in [0.717, 1.165) is 0 Å². The molecule has 1 aromatic carbocycles. The highest BCUT2D eigenvalue weighted by molar-refractivity contribution is 7.89. The molecule has 146 valence electrons. The van der Waals surface area contributed by atoms with Gasteiger partial charge >= 0.3 is 0 Å². The van der Waals surface area contributed by atoms with E-state index in [1.165, 1.54) is 28.6 Å². The number of primary sulfonamides is 1. The van der Waals surface area contributed by atoms with Gasteiger partial charge in [0, 0.05) is 32.2 Å². The summed E-state index contributed by atoms with van der Waals surface area (Å²) in [5, 5.41) is 7.82. The fourth-order valence-corrected chi connectivity index (χ4v) is 4.59. The van der Waals surface area contributed by atoms with E-state index in [-0.39, 0.29) is 41.4 Å². The van der Waals surface area contributed by atoms with Crippen molar-refractivity contribution in [2.24, 2.45) is 5.14 Å². The lowest BCUT2D eigenvalue weighted by atomic mass is 10.3. The highest BCUT2D eigenvalue weighted by atomic mass is 32.2. The molecule has 1 fully saturated rings. The minimum atomic E-state index is -3.87. The number of nitrogens with two attached hydrogens (primary N) is 1. The summed E-state index contributed by atoms with van der Waals surface area (Å²) < 4.78 is 49.2. The first-order valence-electron chi connectivity index (χ1n) is 8.15. The fourth-order valence-electron chi connectivity index (χ4n) is 2.65. The number of carbonyl (C=O) groups excluding carboxylic acids is 1. The number of hydrogen-bond donors (Lipinski definition) is 2. The van der Waals surface area contributed by atoms with Gasteiger partial charge in [0.25, 0.3) is 0 Å². The van der Waals surface area contributed by atoms with Crippen LogP contribution in [0.5, 0.6) is 0 Å². The van der Waals surface area contributed by atoms with Crippen LogP contribution in [0.4, 0.5) is 0 Å². The largest absolute Gasteiger partial charge is 0.353 e. The van der Waals surface area contributed by atoms with Crippen molar-refractivity contribution < 1.29 is 21.6 Å². The first-order valence-corrected chi connectivity index (χ1v) is 11.1. The Labute approximate surface area is 154 Å². The molecule has 3 N–H and O–H groups in total. The molecule has 26 heavy (non-hydrogen) atoms. The second-order valence-electron chi connectivity index (χ2n) is 6.42. The highest BCUT2D eigenvalue weighted by Gasteiger charge is 2.29. The van der Waals surface area contributed by atoms with E-state index in [9.17, 15) is 21.6 Å². The second kappa shape index (κ2) is 8.01. The zero-order valence-electron chi connectivity index (χ0n) is 14.8. The van der Waals surface area contributed by atoms with Crippen LogP contribution in [0.1, 0.15) is 13.8 Å². The van der Waals surface area contributed by atoms with Crippen molar-refractivity contribution >= 4 is 26.0 Å². The third-order valence-corrected chi connectivity index (χ3v) is 6.78. The van der Waals surface area contributed by atoms with Gasteiger partial charge in [-0.25, -0.2) is 22.0 Å². The third-order valence-electron chi connectivity index (χ3n) is 3.94. The molecule has 11 heteroatoms. The van der Waals surface area contributed by atoms with Crippen molar-refractivity contribution in [2.45, 2.75) is 29.7 Å². The number of rotatable bonds is 6. The number of nitrogens with zero attached hydrogens (tertiary/aromatic N) is 2. The van der Waals surface area contributed by atoms with E-state index in [1.807, 2.05) is 18.7 Å². The maximum absolute atomic E-state index is 12.7. The van der Waals surface area contributed by atoms with Crippen molar-refractivity contribution in [1.82, 2.24) is 14.5 Å². The molecular formula is C15H24N4O5S2. The molecular weight excluding hydrogens is 380 g/mol. The van der Waals surface area contributed by atoms with Crippen LogP contribution in [-0.2, 0) is 24.8 Å². The molecule has 2 rings (SSSR count). The van der Waals surface area contributed by atoms with Gasteiger partial charge < -0.3 is 5.32 Å². The van der Waals surface area contributed by atoms with Crippen LogP contribution in [0.3, 0.4) is 0 Å². The zero-order valence-corrected chi connectivity index (χ0v) is 16.4. The van der Waals surface area contributed by atoms with Crippen molar-refractivity contribution in [3.8, 4) is 0 Å². The van der Waals surface area contributed by atoms with Crippen LogP contribution in [0.25, 0.3) is 0 Å². The van der Waals surface area contributed by atoms with E-state index in [4.69, 9.17) is 5.14 Å². The Morgan fingerprint density at radius 3 is 2.00 bits per heavy atom. The lowest BCUT2D eigenvalue weighted by molar-refractivity contribution is -0.123. The maximum atomic E-state index is 12.7. The molecule has 0 unspecified atom stereocenters. The second-order valence-corrected chi connectivity index (χ2v) is 9.92. The van der Waals surface area contributed by atoms with E-state index in [0.29, 0.717) is 13.1 Å².